The molecule has 0 aliphatic rings. The van der Waals surface area contributed by atoms with E-state index in [9.17, 15) is 14.9 Å². The second-order valence-electron chi connectivity index (χ2n) is 4.18. The van der Waals surface area contributed by atoms with Crippen LogP contribution in [0.3, 0.4) is 0 Å². The molecule has 0 fully saturated rings. The highest BCUT2D eigenvalue weighted by atomic mass is 32.1. The molecule has 1 aromatic heterocycles. The number of amides is 1. The maximum atomic E-state index is 12.2. The first-order valence-corrected chi connectivity index (χ1v) is 7.22. The number of hydrogen-bond acceptors (Lipinski definition) is 4. The van der Waals surface area contributed by atoms with E-state index in [1.165, 1.54) is 12.1 Å². The third-order valence-electron chi connectivity index (χ3n) is 2.83. The SMILES string of the molecule is CCN(C(=O)/C=C/c1ccc([N+](=O)[O-])s1)c1ccccc1. The topological polar surface area (TPSA) is 63.5 Å². The standard InChI is InChI=1S/C15H14N2O3S/c1-2-16(12-6-4-3-5-7-12)14(18)10-8-13-9-11-15(21-13)17(19)20/h3-11H,2H2,1H3/b10-8+. The van der Waals surface area contributed by atoms with Crippen molar-refractivity contribution in [1.29, 1.82) is 0 Å². The van der Waals surface area contributed by atoms with Gasteiger partial charge in [0.05, 0.1) is 4.92 Å². The van der Waals surface area contributed by atoms with Crippen LogP contribution in [0.5, 0.6) is 0 Å². The van der Waals surface area contributed by atoms with Crippen molar-refractivity contribution in [3.05, 3.63) is 63.5 Å². The zero-order valence-corrected chi connectivity index (χ0v) is 12.2. The quantitative estimate of drug-likeness (QED) is 0.480. The Hall–Kier alpha value is -2.47. The lowest BCUT2D eigenvalue weighted by atomic mass is 10.2. The first-order chi connectivity index (χ1) is 10.1. The van der Waals surface area contributed by atoms with Gasteiger partial charge in [0.2, 0.25) is 0 Å². The summed E-state index contributed by atoms with van der Waals surface area (Å²) in [6.45, 7) is 2.45. The van der Waals surface area contributed by atoms with Gasteiger partial charge in [-0.1, -0.05) is 29.5 Å². The molecule has 6 heteroatoms. The molecule has 1 heterocycles. The minimum absolute atomic E-state index is 0.0671. The Morgan fingerprint density at radius 1 is 1.29 bits per heavy atom. The molecular weight excluding hydrogens is 288 g/mol. The van der Waals surface area contributed by atoms with Gasteiger partial charge in [-0.3, -0.25) is 14.9 Å². The minimum atomic E-state index is -0.438. The number of carbonyl (C=O) groups excluding carboxylic acids is 1. The van der Waals surface area contributed by atoms with Crippen molar-refractivity contribution in [3.8, 4) is 0 Å². The largest absolute Gasteiger partial charge is 0.324 e. The summed E-state index contributed by atoms with van der Waals surface area (Å²) in [5.74, 6) is -0.153. The van der Waals surface area contributed by atoms with Gasteiger partial charge >= 0.3 is 5.00 Å². The fourth-order valence-electron chi connectivity index (χ4n) is 1.85. The van der Waals surface area contributed by atoms with Crippen LogP contribution < -0.4 is 4.90 Å². The predicted octanol–water partition coefficient (Wildman–Crippen LogP) is 3.72. The summed E-state index contributed by atoms with van der Waals surface area (Å²) in [4.78, 5) is 24.7. The number of rotatable bonds is 5. The van der Waals surface area contributed by atoms with Gasteiger partial charge in [0.25, 0.3) is 5.91 Å². The highest BCUT2D eigenvalue weighted by Gasteiger charge is 2.11. The van der Waals surface area contributed by atoms with Crippen LogP contribution in [0.2, 0.25) is 0 Å². The van der Waals surface area contributed by atoms with E-state index >= 15 is 0 Å². The van der Waals surface area contributed by atoms with Crippen LogP contribution in [0.1, 0.15) is 11.8 Å². The summed E-state index contributed by atoms with van der Waals surface area (Å²) in [6.07, 6.45) is 3.04. The van der Waals surface area contributed by atoms with Crippen LogP contribution in [0.15, 0.2) is 48.5 Å². The summed E-state index contributed by atoms with van der Waals surface area (Å²) in [7, 11) is 0. The Labute approximate surface area is 126 Å². The molecule has 0 saturated carbocycles. The van der Waals surface area contributed by atoms with Crippen molar-refractivity contribution >= 4 is 34.0 Å². The van der Waals surface area contributed by atoms with Gasteiger partial charge in [-0.05, 0) is 31.2 Å². The monoisotopic (exact) mass is 302 g/mol. The lowest BCUT2D eigenvalue weighted by Gasteiger charge is -2.18. The van der Waals surface area contributed by atoms with Gasteiger partial charge in [0.15, 0.2) is 0 Å². The Morgan fingerprint density at radius 2 is 2.00 bits per heavy atom. The van der Waals surface area contributed by atoms with Crippen molar-refractivity contribution in [3.63, 3.8) is 0 Å². The van der Waals surface area contributed by atoms with Crippen molar-refractivity contribution in [2.24, 2.45) is 0 Å². The highest BCUT2D eigenvalue weighted by Crippen LogP contribution is 2.25. The Balaban J connectivity index is 2.11. The van der Waals surface area contributed by atoms with Crippen LogP contribution in [-0.4, -0.2) is 17.4 Å². The molecule has 108 valence electrons. The number of benzene rings is 1. The third-order valence-corrected chi connectivity index (χ3v) is 3.84. The molecular formula is C15H14N2O3S. The number of hydrogen-bond donors (Lipinski definition) is 0. The summed E-state index contributed by atoms with van der Waals surface area (Å²) in [5, 5.41) is 10.7. The number of thiophene rings is 1. The lowest BCUT2D eigenvalue weighted by molar-refractivity contribution is -0.380. The Morgan fingerprint density at radius 3 is 2.57 bits per heavy atom. The molecule has 0 unspecified atom stereocenters. The molecule has 1 amide bonds. The molecule has 0 radical (unpaired) electrons. The van der Waals surface area contributed by atoms with Crippen molar-refractivity contribution in [2.75, 3.05) is 11.4 Å². The lowest BCUT2D eigenvalue weighted by Crippen LogP contribution is -2.28. The van der Waals surface area contributed by atoms with E-state index in [2.05, 4.69) is 0 Å². The molecule has 2 rings (SSSR count). The molecule has 0 N–H and O–H groups in total. The maximum absolute atomic E-state index is 12.2. The number of nitro groups is 1. The molecule has 0 atom stereocenters. The predicted molar refractivity (Wildman–Crippen MR) is 84.5 cm³/mol. The van der Waals surface area contributed by atoms with E-state index in [-0.39, 0.29) is 10.9 Å². The van der Waals surface area contributed by atoms with Crippen LogP contribution >= 0.6 is 11.3 Å². The summed E-state index contributed by atoms with van der Waals surface area (Å²) in [6, 6.07) is 12.4. The molecule has 0 aliphatic heterocycles. The van der Waals surface area contributed by atoms with Gasteiger partial charge in [0.1, 0.15) is 0 Å². The molecule has 0 aliphatic carbocycles. The van der Waals surface area contributed by atoms with Crippen molar-refractivity contribution in [2.45, 2.75) is 6.92 Å². The zero-order chi connectivity index (χ0) is 15.2. The summed E-state index contributed by atoms with van der Waals surface area (Å²) < 4.78 is 0. The first kappa shape index (κ1) is 14.9. The smallest absolute Gasteiger partial charge is 0.309 e. The average Bonchev–Trinajstić information content (AvgIpc) is 2.96. The minimum Gasteiger partial charge on any atom is -0.309 e. The van der Waals surface area contributed by atoms with Gasteiger partial charge in [0, 0.05) is 29.3 Å². The van der Waals surface area contributed by atoms with E-state index in [4.69, 9.17) is 0 Å². The molecule has 5 nitrogen and oxygen atoms in total. The van der Waals surface area contributed by atoms with Gasteiger partial charge in [-0.2, -0.15) is 0 Å². The first-order valence-electron chi connectivity index (χ1n) is 6.40. The highest BCUT2D eigenvalue weighted by molar-refractivity contribution is 7.16. The number of anilines is 1. The number of carbonyl (C=O) groups is 1. The molecule has 0 bridgehead atoms. The van der Waals surface area contributed by atoms with Crippen LogP contribution in [0.4, 0.5) is 10.7 Å². The summed E-state index contributed by atoms with van der Waals surface area (Å²) in [5.41, 5.74) is 0.826. The van der Waals surface area contributed by atoms with Gasteiger partial charge < -0.3 is 4.90 Å². The van der Waals surface area contributed by atoms with E-state index < -0.39 is 4.92 Å². The molecule has 1 aromatic carbocycles. The zero-order valence-electron chi connectivity index (χ0n) is 11.4. The van der Waals surface area contributed by atoms with Crippen LogP contribution in [0, 0.1) is 10.1 Å². The fourth-order valence-corrected chi connectivity index (χ4v) is 2.57. The number of likely N-dealkylation sites (N-methyl/N-ethyl adjacent to an activating group) is 1. The number of para-hydroxylation sites is 1. The normalized spacial score (nSPS) is 10.7. The average molecular weight is 302 g/mol. The van der Waals surface area contributed by atoms with E-state index in [0.717, 1.165) is 17.0 Å². The van der Waals surface area contributed by atoms with E-state index in [0.29, 0.717) is 11.4 Å². The number of nitrogens with zero attached hydrogens (tertiary/aromatic N) is 2. The van der Waals surface area contributed by atoms with Gasteiger partial charge in [-0.25, -0.2) is 0 Å². The summed E-state index contributed by atoms with van der Waals surface area (Å²) >= 11 is 1.04. The molecule has 0 saturated heterocycles. The Bertz CT molecular complexity index is 665. The van der Waals surface area contributed by atoms with Crippen molar-refractivity contribution < 1.29 is 9.72 Å². The van der Waals surface area contributed by atoms with Crippen LogP contribution in [-0.2, 0) is 4.79 Å². The Kier molecular flexibility index (Phi) is 4.84. The van der Waals surface area contributed by atoms with Crippen LogP contribution in [0.25, 0.3) is 6.08 Å². The molecule has 2 aromatic rings. The molecule has 21 heavy (non-hydrogen) atoms. The second-order valence-corrected chi connectivity index (χ2v) is 5.28. The fraction of sp³-hybridized carbons (Fsp3) is 0.133. The van der Waals surface area contributed by atoms with Crippen molar-refractivity contribution in [1.82, 2.24) is 0 Å². The second kappa shape index (κ2) is 6.81. The van der Waals surface area contributed by atoms with E-state index in [1.54, 1.807) is 17.0 Å². The van der Waals surface area contributed by atoms with E-state index in [1.807, 2.05) is 37.3 Å². The third kappa shape index (κ3) is 3.76. The maximum Gasteiger partial charge on any atom is 0.324 e. The van der Waals surface area contributed by atoms with Gasteiger partial charge in [-0.15, -0.1) is 0 Å². The molecule has 0 spiro atoms.